The summed E-state index contributed by atoms with van der Waals surface area (Å²) in [6.45, 7) is 3.70. The molecule has 2 saturated heterocycles. The van der Waals surface area contributed by atoms with Crippen molar-refractivity contribution in [1.29, 1.82) is 0 Å². The molecule has 1 atom stereocenters. The number of urea groups is 1. The predicted octanol–water partition coefficient (Wildman–Crippen LogP) is 0.601. The predicted molar refractivity (Wildman–Crippen MR) is 90.9 cm³/mol. The Kier molecular flexibility index (Phi) is 5.53. The fourth-order valence-electron chi connectivity index (χ4n) is 2.94. The van der Waals surface area contributed by atoms with Crippen LogP contribution < -0.4 is 20.9 Å². The SMILES string of the molecule is O=C1CN(c2ccc(CNC(=O)NC[C@H]3CCCO3)cc2)CCN1. The third-order valence-corrected chi connectivity index (χ3v) is 4.31. The number of amides is 3. The van der Waals surface area contributed by atoms with Crippen LogP contribution in [0.1, 0.15) is 18.4 Å². The van der Waals surface area contributed by atoms with Crippen molar-refractivity contribution < 1.29 is 14.3 Å². The van der Waals surface area contributed by atoms with Crippen molar-refractivity contribution in [2.75, 3.05) is 37.7 Å². The molecule has 0 unspecified atom stereocenters. The lowest BCUT2D eigenvalue weighted by molar-refractivity contribution is -0.120. The van der Waals surface area contributed by atoms with E-state index in [1.165, 1.54) is 0 Å². The summed E-state index contributed by atoms with van der Waals surface area (Å²) in [6.07, 6.45) is 2.23. The number of nitrogens with zero attached hydrogens (tertiary/aromatic N) is 1. The lowest BCUT2D eigenvalue weighted by Crippen LogP contribution is -2.47. The summed E-state index contributed by atoms with van der Waals surface area (Å²) in [5, 5.41) is 8.49. The third-order valence-electron chi connectivity index (χ3n) is 4.31. The van der Waals surface area contributed by atoms with Crippen LogP contribution in [-0.4, -0.2) is 50.8 Å². The highest BCUT2D eigenvalue weighted by Crippen LogP contribution is 2.16. The summed E-state index contributed by atoms with van der Waals surface area (Å²) < 4.78 is 5.47. The van der Waals surface area contributed by atoms with E-state index >= 15 is 0 Å². The van der Waals surface area contributed by atoms with Gasteiger partial charge in [-0.25, -0.2) is 4.79 Å². The van der Waals surface area contributed by atoms with E-state index in [-0.39, 0.29) is 18.0 Å². The maximum Gasteiger partial charge on any atom is 0.315 e. The van der Waals surface area contributed by atoms with Crippen LogP contribution in [0, 0.1) is 0 Å². The zero-order valence-electron chi connectivity index (χ0n) is 13.7. The maximum absolute atomic E-state index is 11.8. The van der Waals surface area contributed by atoms with Crippen LogP contribution in [0.5, 0.6) is 0 Å². The highest BCUT2D eigenvalue weighted by Gasteiger charge is 2.17. The van der Waals surface area contributed by atoms with Crippen molar-refractivity contribution in [3.63, 3.8) is 0 Å². The first-order valence-electron chi connectivity index (χ1n) is 8.44. The molecule has 24 heavy (non-hydrogen) atoms. The van der Waals surface area contributed by atoms with Crippen molar-refractivity contribution >= 4 is 17.6 Å². The van der Waals surface area contributed by atoms with E-state index in [1.54, 1.807) is 0 Å². The van der Waals surface area contributed by atoms with Gasteiger partial charge in [-0.05, 0) is 30.5 Å². The van der Waals surface area contributed by atoms with Gasteiger partial charge in [0, 0.05) is 38.5 Å². The molecule has 0 spiro atoms. The number of benzene rings is 1. The zero-order chi connectivity index (χ0) is 16.8. The number of nitrogens with one attached hydrogen (secondary N) is 3. The average Bonchev–Trinajstić information content (AvgIpc) is 3.12. The largest absolute Gasteiger partial charge is 0.376 e. The molecule has 7 nitrogen and oxygen atoms in total. The smallest absolute Gasteiger partial charge is 0.315 e. The first kappa shape index (κ1) is 16.6. The Balaban J connectivity index is 1.42. The van der Waals surface area contributed by atoms with Crippen molar-refractivity contribution in [1.82, 2.24) is 16.0 Å². The molecule has 0 aromatic heterocycles. The maximum atomic E-state index is 11.8. The summed E-state index contributed by atoms with van der Waals surface area (Å²) in [5.41, 5.74) is 2.05. The summed E-state index contributed by atoms with van der Waals surface area (Å²) in [5.74, 6) is 0.0508. The number of carbonyl (C=O) groups excluding carboxylic acids is 2. The normalized spacial score (nSPS) is 20.6. The van der Waals surface area contributed by atoms with Gasteiger partial charge >= 0.3 is 6.03 Å². The molecule has 7 heteroatoms. The summed E-state index contributed by atoms with van der Waals surface area (Å²) >= 11 is 0. The van der Waals surface area contributed by atoms with Crippen LogP contribution in [0.15, 0.2) is 24.3 Å². The average molecular weight is 332 g/mol. The van der Waals surface area contributed by atoms with Crippen LogP contribution in [0.4, 0.5) is 10.5 Å². The first-order chi connectivity index (χ1) is 11.7. The number of piperazine rings is 1. The van der Waals surface area contributed by atoms with Gasteiger partial charge in [0.1, 0.15) is 0 Å². The third kappa shape index (κ3) is 4.61. The van der Waals surface area contributed by atoms with Crippen molar-refractivity contribution in [2.45, 2.75) is 25.5 Å². The van der Waals surface area contributed by atoms with Crippen LogP contribution in [0.2, 0.25) is 0 Å². The summed E-state index contributed by atoms with van der Waals surface area (Å²) in [4.78, 5) is 25.3. The second kappa shape index (κ2) is 8.01. The molecular weight excluding hydrogens is 308 g/mol. The van der Waals surface area contributed by atoms with E-state index in [2.05, 4.69) is 16.0 Å². The summed E-state index contributed by atoms with van der Waals surface area (Å²) in [6, 6.07) is 7.74. The van der Waals surface area contributed by atoms with E-state index in [4.69, 9.17) is 4.74 Å². The molecule has 0 saturated carbocycles. The van der Waals surface area contributed by atoms with E-state index in [0.717, 1.165) is 37.2 Å². The minimum absolute atomic E-state index is 0.0508. The van der Waals surface area contributed by atoms with Crippen LogP contribution in [0.3, 0.4) is 0 Å². The van der Waals surface area contributed by atoms with Crippen LogP contribution >= 0.6 is 0 Å². The van der Waals surface area contributed by atoms with E-state index < -0.39 is 0 Å². The molecule has 3 N–H and O–H groups in total. The monoisotopic (exact) mass is 332 g/mol. The van der Waals surface area contributed by atoms with Crippen LogP contribution in [0.25, 0.3) is 0 Å². The van der Waals surface area contributed by atoms with E-state index in [1.807, 2.05) is 29.2 Å². The molecule has 2 fully saturated rings. The first-order valence-corrected chi connectivity index (χ1v) is 8.44. The topological polar surface area (TPSA) is 82.7 Å². The number of rotatable bonds is 5. The second-order valence-electron chi connectivity index (χ2n) is 6.14. The molecule has 0 bridgehead atoms. The molecule has 2 aliphatic rings. The molecule has 2 heterocycles. The Bertz CT molecular complexity index is 570. The molecule has 0 aliphatic carbocycles. The Morgan fingerprint density at radius 1 is 1.29 bits per heavy atom. The minimum atomic E-state index is -0.178. The van der Waals surface area contributed by atoms with Gasteiger partial charge in [0.15, 0.2) is 0 Å². The molecule has 3 rings (SSSR count). The van der Waals surface area contributed by atoms with Gasteiger partial charge in [-0.2, -0.15) is 0 Å². The van der Waals surface area contributed by atoms with Gasteiger partial charge in [-0.15, -0.1) is 0 Å². The fraction of sp³-hybridized carbons (Fsp3) is 0.529. The molecule has 2 aliphatic heterocycles. The lowest BCUT2D eigenvalue weighted by Gasteiger charge is -2.28. The highest BCUT2D eigenvalue weighted by atomic mass is 16.5. The number of carbonyl (C=O) groups is 2. The van der Waals surface area contributed by atoms with E-state index in [9.17, 15) is 9.59 Å². The molecule has 3 amide bonds. The van der Waals surface area contributed by atoms with Gasteiger partial charge in [0.25, 0.3) is 0 Å². The highest BCUT2D eigenvalue weighted by molar-refractivity contribution is 5.82. The number of hydrogen-bond donors (Lipinski definition) is 3. The van der Waals surface area contributed by atoms with Crippen molar-refractivity contribution in [2.24, 2.45) is 0 Å². The quantitative estimate of drug-likeness (QED) is 0.737. The van der Waals surface area contributed by atoms with Gasteiger partial charge in [-0.3, -0.25) is 4.79 Å². The van der Waals surface area contributed by atoms with Crippen molar-refractivity contribution in [3.8, 4) is 0 Å². The number of hydrogen-bond acceptors (Lipinski definition) is 4. The van der Waals surface area contributed by atoms with Crippen LogP contribution in [-0.2, 0) is 16.1 Å². The Morgan fingerprint density at radius 2 is 2.12 bits per heavy atom. The molecule has 1 aromatic carbocycles. The number of ether oxygens (including phenoxy) is 1. The van der Waals surface area contributed by atoms with Gasteiger partial charge in [0.2, 0.25) is 5.91 Å². The Labute approximate surface area is 141 Å². The zero-order valence-corrected chi connectivity index (χ0v) is 13.7. The minimum Gasteiger partial charge on any atom is -0.376 e. The number of anilines is 1. The second-order valence-corrected chi connectivity index (χ2v) is 6.14. The lowest BCUT2D eigenvalue weighted by atomic mass is 10.2. The van der Waals surface area contributed by atoms with Gasteiger partial charge < -0.3 is 25.6 Å². The standard InChI is InChI=1S/C17H24N4O3/c22-16-12-21(8-7-18-16)14-5-3-13(4-6-14)10-19-17(23)20-11-15-2-1-9-24-15/h3-6,15H,1-2,7-12H2,(H,18,22)(H2,19,20,23)/t15-/m1/s1. The molecular formula is C17H24N4O3. The molecule has 0 radical (unpaired) electrons. The van der Waals surface area contributed by atoms with E-state index in [0.29, 0.717) is 26.2 Å². The van der Waals surface area contributed by atoms with Gasteiger partial charge in [0.05, 0.1) is 12.6 Å². The van der Waals surface area contributed by atoms with Gasteiger partial charge in [-0.1, -0.05) is 12.1 Å². The molecule has 130 valence electrons. The molecule has 1 aromatic rings. The summed E-state index contributed by atoms with van der Waals surface area (Å²) in [7, 11) is 0. The Hall–Kier alpha value is -2.28. The fourth-order valence-corrected chi connectivity index (χ4v) is 2.94. The Morgan fingerprint density at radius 3 is 2.83 bits per heavy atom. The van der Waals surface area contributed by atoms with Crippen molar-refractivity contribution in [3.05, 3.63) is 29.8 Å².